The van der Waals surface area contributed by atoms with Crippen LogP contribution < -0.4 is 5.32 Å². The lowest BCUT2D eigenvalue weighted by molar-refractivity contribution is 0.0935. The van der Waals surface area contributed by atoms with Crippen molar-refractivity contribution in [1.29, 1.82) is 0 Å². The van der Waals surface area contributed by atoms with E-state index in [0.717, 1.165) is 11.4 Å². The minimum absolute atomic E-state index is 0.0228. The lowest BCUT2D eigenvalue weighted by Crippen LogP contribution is -2.33. The monoisotopic (exact) mass is 339 g/mol. The second kappa shape index (κ2) is 7.36. The molecule has 0 saturated heterocycles. The van der Waals surface area contributed by atoms with Crippen LogP contribution in [0, 0.1) is 6.92 Å². The summed E-state index contributed by atoms with van der Waals surface area (Å²) in [5.41, 5.74) is 1.78. The van der Waals surface area contributed by atoms with E-state index in [9.17, 15) is 4.79 Å². The number of carbonyl (C=O) groups excluding carboxylic acids is 1. The zero-order chi connectivity index (χ0) is 17.8. The maximum Gasteiger partial charge on any atom is 0.255 e. The molecule has 0 radical (unpaired) electrons. The summed E-state index contributed by atoms with van der Waals surface area (Å²) >= 11 is 0. The number of aliphatic hydroxyl groups is 1. The molecule has 3 aromatic rings. The zero-order valence-electron chi connectivity index (χ0n) is 14.3. The fraction of sp³-hybridized carbons (Fsp3) is 0.263. The number of nitrogens with zero attached hydrogens (tertiary/aromatic N) is 2. The van der Waals surface area contributed by atoms with Crippen molar-refractivity contribution in [3.63, 3.8) is 0 Å². The van der Waals surface area contributed by atoms with E-state index in [1.54, 1.807) is 16.9 Å². The van der Waals surface area contributed by atoms with E-state index in [1.165, 1.54) is 0 Å². The number of hydrogen-bond donors (Lipinski definition) is 2. The van der Waals surface area contributed by atoms with Crippen LogP contribution in [0.1, 0.15) is 29.5 Å². The smallest absolute Gasteiger partial charge is 0.255 e. The Hall–Kier alpha value is -2.86. The van der Waals surface area contributed by atoms with Gasteiger partial charge in [-0.2, -0.15) is 5.10 Å². The van der Waals surface area contributed by atoms with Gasteiger partial charge in [-0.05, 0) is 44.5 Å². The van der Waals surface area contributed by atoms with Crippen molar-refractivity contribution in [1.82, 2.24) is 15.1 Å². The quantitative estimate of drug-likeness (QED) is 0.723. The molecule has 0 spiro atoms. The predicted octanol–water partition coefficient (Wildman–Crippen LogP) is 2.94. The number of amides is 1. The van der Waals surface area contributed by atoms with Crippen molar-refractivity contribution in [2.75, 3.05) is 6.61 Å². The van der Waals surface area contributed by atoms with Crippen LogP contribution in [-0.4, -0.2) is 33.4 Å². The molecule has 0 aliphatic heterocycles. The third kappa shape index (κ3) is 3.80. The van der Waals surface area contributed by atoms with Crippen molar-refractivity contribution < 1.29 is 14.3 Å². The molecule has 25 heavy (non-hydrogen) atoms. The van der Waals surface area contributed by atoms with Gasteiger partial charge in [0.25, 0.3) is 5.91 Å². The average molecular weight is 339 g/mol. The molecule has 0 aliphatic rings. The summed E-state index contributed by atoms with van der Waals surface area (Å²) in [5, 5.41) is 16.5. The summed E-state index contributed by atoms with van der Waals surface area (Å²) in [6.07, 6.45) is 2.19. The van der Waals surface area contributed by atoms with Gasteiger partial charge < -0.3 is 14.8 Å². The van der Waals surface area contributed by atoms with Crippen LogP contribution in [0.25, 0.3) is 17.1 Å². The fourth-order valence-electron chi connectivity index (χ4n) is 2.56. The molecule has 0 saturated carbocycles. The Bertz CT molecular complexity index is 852. The SMILES string of the molecule is Cc1ccc(-c2nn(-c3ccccc3)cc2C(=O)NC(C)CCO)o1. The highest BCUT2D eigenvalue weighted by Crippen LogP contribution is 2.25. The second-order valence-corrected chi connectivity index (χ2v) is 5.97. The molecule has 1 amide bonds. The van der Waals surface area contributed by atoms with Crippen LogP contribution in [0.4, 0.5) is 0 Å². The third-order valence-corrected chi connectivity index (χ3v) is 3.89. The number of hydrogen-bond acceptors (Lipinski definition) is 4. The van der Waals surface area contributed by atoms with E-state index < -0.39 is 0 Å². The topological polar surface area (TPSA) is 80.3 Å². The molecule has 2 aromatic heterocycles. The first-order valence-electron chi connectivity index (χ1n) is 8.22. The van der Waals surface area contributed by atoms with Gasteiger partial charge in [-0.1, -0.05) is 18.2 Å². The Labute approximate surface area is 146 Å². The highest BCUT2D eigenvalue weighted by molar-refractivity contribution is 5.99. The molecule has 2 heterocycles. The summed E-state index contributed by atoms with van der Waals surface area (Å²) in [6, 6.07) is 13.1. The van der Waals surface area contributed by atoms with Gasteiger partial charge in [0.1, 0.15) is 11.5 Å². The van der Waals surface area contributed by atoms with Gasteiger partial charge in [0, 0.05) is 18.8 Å². The lowest BCUT2D eigenvalue weighted by Gasteiger charge is -2.11. The molecule has 1 aromatic carbocycles. The minimum atomic E-state index is -0.243. The van der Waals surface area contributed by atoms with Crippen molar-refractivity contribution >= 4 is 5.91 Å². The third-order valence-electron chi connectivity index (χ3n) is 3.89. The molecule has 1 unspecified atom stereocenters. The summed E-state index contributed by atoms with van der Waals surface area (Å²) in [6.45, 7) is 3.72. The summed E-state index contributed by atoms with van der Waals surface area (Å²) in [4.78, 5) is 12.7. The maximum atomic E-state index is 12.7. The number of aryl methyl sites for hydroxylation is 1. The van der Waals surface area contributed by atoms with Gasteiger partial charge in [0.05, 0.1) is 11.3 Å². The number of benzene rings is 1. The van der Waals surface area contributed by atoms with Crippen LogP contribution in [0.2, 0.25) is 0 Å². The number of carbonyl (C=O) groups is 1. The highest BCUT2D eigenvalue weighted by Gasteiger charge is 2.21. The first-order valence-corrected chi connectivity index (χ1v) is 8.22. The number of para-hydroxylation sites is 1. The van der Waals surface area contributed by atoms with Crippen molar-refractivity contribution in [3.05, 3.63) is 60.0 Å². The standard InChI is InChI=1S/C19H21N3O3/c1-13(10-11-23)20-19(24)16-12-22(15-6-4-3-5-7-15)21-18(16)17-9-8-14(2)25-17/h3-9,12-13,23H,10-11H2,1-2H3,(H,20,24). The van der Waals surface area contributed by atoms with Gasteiger partial charge in [-0.15, -0.1) is 0 Å². The van der Waals surface area contributed by atoms with Crippen LogP contribution in [0.5, 0.6) is 0 Å². The van der Waals surface area contributed by atoms with Crippen LogP contribution >= 0.6 is 0 Å². The lowest BCUT2D eigenvalue weighted by atomic mass is 10.1. The Balaban J connectivity index is 2.00. The maximum absolute atomic E-state index is 12.7. The highest BCUT2D eigenvalue weighted by atomic mass is 16.3. The molecular weight excluding hydrogens is 318 g/mol. The first-order chi connectivity index (χ1) is 12.1. The number of furan rings is 1. The van der Waals surface area contributed by atoms with E-state index in [-0.39, 0.29) is 18.6 Å². The molecule has 0 bridgehead atoms. The van der Waals surface area contributed by atoms with E-state index in [4.69, 9.17) is 9.52 Å². The Morgan fingerprint density at radius 2 is 2.04 bits per heavy atom. The molecule has 6 nitrogen and oxygen atoms in total. The van der Waals surface area contributed by atoms with E-state index in [0.29, 0.717) is 23.4 Å². The van der Waals surface area contributed by atoms with E-state index >= 15 is 0 Å². The van der Waals surface area contributed by atoms with Crippen LogP contribution in [0.3, 0.4) is 0 Å². The minimum Gasteiger partial charge on any atom is -0.460 e. The van der Waals surface area contributed by atoms with Gasteiger partial charge in [-0.3, -0.25) is 4.79 Å². The Kier molecular flexibility index (Phi) is 5.00. The molecule has 130 valence electrons. The summed E-state index contributed by atoms with van der Waals surface area (Å²) in [5.74, 6) is 1.06. The molecular formula is C19H21N3O3. The largest absolute Gasteiger partial charge is 0.460 e. The van der Waals surface area contributed by atoms with Crippen molar-refractivity contribution in [2.45, 2.75) is 26.3 Å². The van der Waals surface area contributed by atoms with Crippen molar-refractivity contribution in [2.24, 2.45) is 0 Å². The fourth-order valence-corrected chi connectivity index (χ4v) is 2.56. The van der Waals surface area contributed by atoms with Crippen molar-refractivity contribution in [3.8, 4) is 17.1 Å². The van der Waals surface area contributed by atoms with Gasteiger partial charge in [-0.25, -0.2) is 4.68 Å². The summed E-state index contributed by atoms with van der Waals surface area (Å²) in [7, 11) is 0. The van der Waals surface area contributed by atoms with Gasteiger partial charge in [0.2, 0.25) is 0 Å². The molecule has 2 N–H and O–H groups in total. The predicted molar refractivity (Wildman–Crippen MR) is 94.6 cm³/mol. The first kappa shape index (κ1) is 17.0. The number of nitrogens with one attached hydrogen (secondary N) is 1. The van der Waals surface area contributed by atoms with Gasteiger partial charge >= 0.3 is 0 Å². The number of aromatic nitrogens is 2. The van der Waals surface area contributed by atoms with E-state index in [2.05, 4.69) is 10.4 Å². The van der Waals surface area contributed by atoms with Crippen LogP contribution in [0.15, 0.2) is 53.1 Å². The molecule has 6 heteroatoms. The van der Waals surface area contributed by atoms with Crippen LogP contribution in [-0.2, 0) is 0 Å². The molecule has 3 rings (SSSR count). The second-order valence-electron chi connectivity index (χ2n) is 5.97. The normalized spacial score (nSPS) is 12.1. The zero-order valence-corrected chi connectivity index (χ0v) is 14.3. The number of aliphatic hydroxyl groups excluding tert-OH is 1. The molecule has 0 aliphatic carbocycles. The Morgan fingerprint density at radius 1 is 1.28 bits per heavy atom. The molecule has 0 fully saturated rings. The van der Waals surface area contributed by atoms with E-state index in [1.807, 2.05) is 50.2 Å². The average Bonchev–Trinajstić information content (AvgIpc) is 3.22. The van der Waals surface area contributed by atoms with Gasteiger partial charge in [0.15, 0.2) is 5.76 Å². The summed E-state index contributed by atoms with van der Waals surface area (Å²) < 4.78 is 7.33. The molecule has 1 atom stereocenters. The number of rotatable bonds is 6. The Morgan fingerprint density at radius 3 is 2.68 bits per heavy atom.